The van der Waals surface area contributed by atoms with Crippen LogP contribution in [0.2, 0.25) is 0 Å². The van der Waals surface area contributed by atoms with E-state index in [4.69, 9.17) is 46.7 Å². The number of nitrogens with one attached hydrogen (secondary N) is 4. The van der Waals surface area contributed by atoms with E-state index in [0.29, 0.717) is 30.9 Å². The Morgan fingerprint density at radius 3 is 1.58 bits per heavy atom. The second kappa shape index (κ2) is 32.5. The van der Waals surface area contributed by atoms with Crippen LogP contribution in [0.5, 0.6) is 0 Å². The van der Waals surface area contributed by atoms with Crippen LogP contribution in [0.25, 0.3) is 43.1 Å². The Labute approximate surface area is 668 Å². The SMILES string of the molecule is C=C1NC(=O)C(C#Cc2ccc3c4cccc5cccc(c6cccc2c63)c54)=CN1[C@@H]1O[C@]2(CC)CO[C@@H]1C2OP(C)(=O)[O-].CC[C@@]12CO[C@H](C1OP(C)(=O)[O-])[C@H](n1cc(C#CCNC(=O)c3ccc([N+](=O)[O-])cc3[N+](=O)[O-])c(=O)[nH]c1=O)O2.CC[C@@]12CO[C@H](C1OP(C)(=O)[O-])[C@H](n1cc(C#CCOC(=O)c3ccccc3)c(=O)[nH]c1=O)O2. The van der Waals surface area contributed by atoms with Crippen LogP contribution in [0.15, 0.2) is 171 Å². The number of H-pyrrole nitrogens is 2. The minimum Gasteiger partial charge on any atom is -0.779 e. The average molecular weight is 1670 g/mol. The number of aromatic nitrogens is 4. The van der Waals surface area contributed by atoms with Crippen molar-refractivity contribution in [2.45, 2.75) is 112 Å². The molecule has 0 aliphatic carbocycles. The lowest BCUT2D eigenvalue weighted by Crippen LogP contribution is -2.49. The monoisotopic (exact) mass is 1670 g/mol. The molecule has 9 heterocycles. The number of aromatic amines is 2. The Bertz CT molecular complexity index is 6250. The molecule has 7 aliphatic rings. The summed E-state index contributed by atoms with van der Waals surface area (Å²) in [6, 6.07) is 34.0. The number of nitro groups is 2. The molecule has 2 aromatic heterocycles. The van der Waals surface area contributed by atoms with Gasteiger partial charge in [-0.3, -0.25) is 58.5 Å². The molecule has 6 unspecified atom stereocenters. The number of non-ortho nitro benzene ring substituents is 1. The van der Waals surface area contributed by atoms with Crippen molar-refractivity contribution in [3.05, 3.63) is 242 Å². The first kappa shape index (κ1) is 83.1. The van der Waals surface area contributed by atoms with Crippen LogP contribution >= 0.6 is 22.8 Å². The maximum atomic E-state index is 13.0. The number of benzene rings is 7. The normalized spacial score (nSPS) is 25.9. The molecule has 6 fully saturated rings. The maximum Gasteiger partial charge on any atom is 0.339 e. The van der Waals surface area contributed by atoms with Crippen molar-refractivity contribution in [2.24, 2.45) is 0 Å². The predicted molar refractivity (Wildman–Crippen MR) is 416 cm³/mol. The minimum absolute atomic E-state index is 0.0344. The van der Waals surface area contributed by atoms with Crippen molar-refractivity contribution >= 4 is 95.0 Å². The van der Waals surface area contributed by atoms with Gasteiger partial charge in [-0.1, -0.05) is 142 Å². The van der Waals surface area contributed by atoms with Crippen LogP contribution in [0.4, 0.5) is 11.4 Å². The van der Waals surface area contributed by atoms with Crippen molar-refractivity contribution in [1.29, 1.82) is 0 Å². The lowest BCUT2D eigenvalue weighted by molar-refractivity contribution is -0.394. The molecule has 6 saturated heterocycles. The Balaban J connectivity index is 0.000000147. The van der Waals surface area contributed by atoms with Crippen molar-refractivity contribution < 1.29 is 99.3 Å². The molecule has 6 bridgehead atoms. The average Bonchev–Trinajstić information content (AvgIpc) is 1.21. The van der Waals surface area contributed by atoms with Crippen molar-refractivity contribution in [3.8, 4) is 35.5 Å². The lowest BCUT2D eigenvalue weighted by Gasteiger charge is -2.38. The number of rotatable bonds is 18. The van der Waals surface area contributed by atoms with Crippen LogP contribution in [-0.2, 0) is 65.2 Å². The number of nitrogens with zero attached hydrogens (tertiary/aromatic N) is 5. The zero-order valence-electron chi connectivity index (χ0n) is 63.4. The molecule has 16 rings (SSSR count). The van der Waals surface area contributed by atoms with Gasteiger partial charge in [-0.15, -0.1) is 0 Å². The third-order valence-corrected chi connectivity index (χ3v) is 22.9. The van der Waals surface area contributed by atoms with Crippen LogP contribution < -0.4 is 47.8 Å². The minimum atomic E-state index is -4.20. The summed E-state index contributed by atoms with van der Waals surface area (Å²) in [6.07, 6.45) is -3.24. The molecule has 2 amide bonds. The van der Waals surface area contributed by atoms with Gasteiger partial charge in [0.2, 0.25) is 0 Å². The van der Waals surface area contributed by atoms with E-state index in [1.165, 1.54) is 27.7 Å². The number of esters is 1. The fraction of sp³-hybridized carbons (Fsp3) is 0.329. The summed E-state index contributed by atoms with van der Waals surface area (Å²) in [7, 11) is -12.4. The molecule has 4 N–H and O–H groups in total. The Morgan fingerprint density at radius 2 is 1.07 bits per heavy atom. The molecular formula is C79H71N9O27P3-3. The summed E-state index contributed by atoms with van der Waals surface area (Å²) in [5.74, 6) is 14.8. The highest BCUT2D eigenvalue weighted by Gasteiger charge is 2.66. The van der Waals surface area contributed by atoms with E-state index in [1.54, 1.807) is 55.3 Å². The summed E-state index contributed by atoms with van der Waals surface area (Å²) in [4.78, 5) is 149. The van der Waals surface area contributed by atoms with E-state index in [9.17, 15) is 82.2 Å². The summed E-state index contributed by atoms with van der Waals surface area (Å²) in [5.41, 5.74) is -7.06. The quantitative estimate of drug-likeness (QED) is 0.0156. The molecule has 0 radical (unpaired) electrons. The van der Waals surface area contributed by atoms with Crippen molar-refractivity contribution in [1.82, 2.24) is 34.6 Å². The molecule has 0 saturated carbocycles. The third kappa shape index (κ3) is 16.3. The molecule has 7 aromatic carbocycles. The summed E-state index contributed by atoms with van der Waals surface area (Å²) in [5, 5.41) is 36.5. The van der Waals surface area contributed by atoms with Gasteiger partial charge in [0.1, 0.15) is 104 Å². The maximum absolute atomic E-state index is 13.0. The van der Waals surface area contributed by atoms with Crippen molar-refractivity contribution in [2.75, 3.05) is 53.0 Å². The third-order valence-electron chi connectivity index (χ3n) is 21.0. The van der Waals surface area contributed by atoms with Gasteiger partial charge in [0.25, 0.3) is 34.3 Å². The number of ether oxygens (including phenoxy) is 7. The molecule has 118 heavy (non-hydrogen) atoms. The lowest BCUT2D eigenvalue weighted by atomic mass is 9.88. The summed E-state index contributed by atoms with van der Waals surface area (Å²) >= 11 is 0. The van der Waals surface area contributed by atoms with Crippen LogP contribution in [0, 0.1) is 55.8 Å². The Kier molecular flexibility index (Phi) is 22.9. The smallest absolute Gasteiger partial charge is 0.339 e. The van der Waals surface area contributed by atoms with Gasteiger partial charge >= 0.3 is 17.3 Å². The first-order valence-corrected chi connectivity index (χ1v) is 42.6. The number of nitro benzene ring substituents is 2. The highest BCUT2D eigenvalue weighted by molar-refractivity contribution is 7.51. The number of hydrogen-bond donors (Lipinski definition) is 4. The fourth-order valence-electron chi connectivity index (χ4n) is 15.4. The van der Waals surface area contributed by atoms with Gasteiger partial charge in [0, 0.05) is 50.2 Å². The van der Waals surface area contributed by atoms with Gasteiger partial charge in [-0.25, -0.2) is 14.4 Å². The number of hydrogen-bond acceptors (Lipinski definition) is 28. The summed E-state index contributed by atoms with van der Waals surface area (Å²) < 4.78 is 94.5. The molecule has 612 valence electrons. The Morgan fingerprint density at radius 1 is 0.585 bits per heavy atom. The largest absolute Gasteiger partial charge is 0.779 e. The standard InChI is InChI=1S/C35H29N2O6P.C22H22N5O12P.C22H23N2O9P/c1-4-35-19-41-31(32(35)43-44(3,39)40)34(42-35)37-18-23(33(38)36-20(37)2)15-14-21-16-17-28-26-12-6-9-22-8-5-11-25(29(22)26)27-13-7-10-24(21)30(27)28;1-3-22-11-37-16(17(22)39-40(2,35)36)20(38-22)25-10-12(18(28)24-21(25)30)5-4-8-23-19(29)14-7-6-13(26(31)32)9-15(14)27(33)34;1-3-22-13-31-16(17(22)33-34(2,28)29)19(32-22)24-12-15(18(25)23-21(24)27)10-7-11-30-20(26)14-8-5-4-6-9-14/h5-13,16-18,31-32,34H,2,4,19H2,1,3H3,(H,36,38)(H,39,40);6-7,9-10,16-17,20H,3,8,11H2,1-2H3,(H,23,29)(H,35,36)(H,24,28,30);4-6,8-9,12,16-17,19H,3,11,13H2,1-2H3,(H,28,29)(H,23,25,27)/p-3/t31-,32?,34-,35-;16-,17?,20-,22-;16-,17?,19-,22-/m111/s1. The Hall–Kier alpha value is -11.4. The van der Waals surface area contributed by atoms with Gasteiger partial charge < -0.3 is 90.6 Å². The van der Waals surface area contributed by atoms with E-state index in [0.717, 1.165) is 74.6 Å². The van der Waals surface area contributed by atoms with Crippen LogP contribution in [0.3, 0.4) is 0 Å². The van der Waals surface area contributed by atoms with Crippen LogP contribution in [0.1, 0.15) is 89.9 Å². The number of fused-ring (bicyclic) bond motifs is 8. The summed E-state index contributed by atoms with van der Waals surface area (Å²) in [6.45, 7) is 12.0. The van der Waals surface area contributed by atoms with Gasteiger partial charge in [0.15, 0.2) is 25.3 Å². The number of carbonyl (C=O) groups excluding carboxylic acids is 3. The number of amides is 2. The second-order valence-corrected chi connectivity index (χ2v) is 33.8. The molecule has 39 heteroatoms. The van der Waals surface area contributed by atoms with E-state index >= 15 is 0 Å². The van der Waals surface area contributed by atoms with Crippen molar-refractivity contribution in [3.63, 3.8) is 0 Å². The predicted octanol–water partition coefficient (Wildman–Crippen LogP) is 5.52. The van der Waals surface area contributed by atoms with Crippen LogP contribution in [-0.4, -0.2) is 164 Å². The van der Waals surface area contributed by atoms with Gasteiger partial charge in [0.05, 0.1) is 47.8 Å². The van der Waals surface area contributed by atoms with E-state index in [-0.39, 0.29) is 61.4 Å². The molecule has 15 atom stereocenters. The van der Waals surface area contributed by atoms with Gasteiger partial charge in [-0.05, 0) is 86.6 Å². The molecule has 9 aromatic rings. The fourth-order valence-corrected chi connectivity index (χ4v) is 17.6. The zero-order valence-corrected chi connectivity index (χ0v) is 66.0. The highest BCUT2D eigenvalue weighted by Crippen LogP contribution is 2.55. The van der Waals surface area contributed by atoms with E-state index < -0.39 is 156 Å². The second-order valence-electron chi connectivity index (χ2n) is 28.6. The van der Waals surface area contributed by atoms with E-state index in [2.05, 4.69) is 117 Å². The molecule has 0 spiro atoms. The first-order chi connectivity index (χ1) is 56.1. The molecular weight excluding hydrogens is 1600 g/mol. The molecule has 7 aliphatic heterocycles. The highest BCUT2D eigenvalue weighted by atomic mass is 31.2. The van der Waals surface area contributed by atoms with Gasteiger partial charge in [-0.2, -0.15) is 0 Å². The number of carbonyl (C=O) groups is 3. The topological polar surface area (TPSA) is 487 Å². The zero-order chi connectivity index (χ0) is 84.3. The van der Waals surface area contributed by atoms with E-state index in [1.807, 2.05) is 19.1 Å². The first-order valence-electron chi connectivity index (χ1n) is 36.6. The molecule has 36 nitrogen and oxygen atoms in total.